The number of rotatable bonds is 12. The van der Waals surface area contributed by atoms with Gasteiger partial charge in [0.25, 0.3) is 5.91 Å². The number of benzene rings is 1. The second-order valence-electron chi connectivity index (χ2n) is 9.84. The Labute approximate surface area is 222 Å². The summed E-state index contributed by atoms with van der Waals surface area (Å²) >= 11 is 1.61. The SMILES string of the molecule is C=CCCOC(=O)[C@@H]1[C@@H]2CC(C)C3(S2)C(C(=O)N(CC=C)c2ccc(OC)cc2)N(CCCO)C(=O)[C@H]13. The lowest BCUT2D eigenvalue weighted by Crippen LogP contribution is -2.57. The molecule has 1 aromatic rings. The van der Waals surface area contributed by atoms with Crippen molar-refractivity contribution in [2.24, 2.45) is 17.8 Å². The van der Waals surface area contributed by atoms with Gasteiger partial charge in [0.2, 0.25) is 5.91 Å². The number of carbonyl (C=O) groups is 3. The summed E-state index contributed by atoms with van der Waals surface area (Å²) in [5, 5.41) is 9.48. The molecule has 3 heterocycles. The van der Waals surface area contributed by atoms with Crippen molar-refractivity contribution in [3.05, 3.63) is 49.6 Å². The highest BCUT2D eigenvalue weighted by Gasteiger charge is 2.76. The minimum Gasteiger partial charge on any atom is -0.497 e. The highest BCUT2D eigenvalue weighted by atomic mass is 32.2. The van der Waals surface area contributed by atoms with Crippen LogP contribution in [0.25, 0.3) is 0 Å². The molecule has 0 saturated carbocycles. The molecule has 9 heteroatoms. The zero-order valence-corrected chi connectivity index (χ0v) is 22.3. The van der Waals surface area contributed by atoms with Crippen molar-refractivity contribution >= 4 is 35.2 Å². The molecule has 2 bridgehead atoms. The zero-order chi connectivity index (χ0) is 26.7. The average Bonchev–Trinajstić information content (AvgIpc) is 3.49. The maximum atomic E-state index is 14.4. The molecule has 3 unspecified atom stereocenters. The maximum absolute atomic E-state index is 14.4. The molecule has 4 rings (SSSR count). The van der Waals surface area contributed by atoms with Crippen molar-refractivity contribution in [1.29, 1.82) is 0 Å². The van der Waals surface area contributed by atoms with E-state index >= 15 is 0 Å². The number of anilines is 1. The average molecular weight is 529 g/mol. The molecule has 3 fully saturated rings. The lowest BCUT2D eigenvalue weighted by Gasteiger charge is -2.40. The fourth-order valence-electron chi connectivity index (χ4n) is 6.25. The van der Waals surface area contributed by atoms with Gasteiger partial charge in [-0.05, 0) is 49.4 Å². The summed E-state index contributed by atoms with van der Waals surface area (Å²) in [5.74, 6) is -1.31. The van der Waals surface area contributed by atoms with Crippen molar-refractivity contribution in [3.63, 3.8) is 0 Å². The van der Waals surface area contributed by atoms with Gasteiger partial charge in [0.05, 0.1) is 30.3 Å². The van der Waals surface area contributed by atoms with E-state index in [1.54, 1.807) is 53.0 Å². The highest BCUT2D eigenvalue weighted by Crippen LogP contribution is 2.68. The van der Waals surface area contributed by atoms with Crippen LogP contribution >= 0.6 is 11.8 Å². The molecule has 6 atom stereocenters. The summed E-state index contributed by atoms with van der Waals surface area (Å²) in [7, 11) is 1.58. The largest absolute Gasteiger partial charge is 0.497 e. The molecule has 1 N–H and O–H groups in total. The van der Waals surface area contributed by atoms with E-state index in [1.807, 2.05) is 12.1 Å². The van der Waals surface area contributed by atoms with Gasteiger partial charge in [-0.3, -0.25) is 14.4 Å². The van der Waals surface area contributed by atoms with E-state index in [0.717, 1.165) is 6.42 Å². The van der Waals surface area contributed by atoms with Crippen LogP contribution in [0.4, 0.5) is 5.69 Å². The van der Waals surface area contributed by atoms with Gasteiger partial charge in [0, 0.05) is 30.6 Å². The van der Waals surface area contributed by atoms with Crippen LogP contribution in [0.5, 0.6) is 5.75 Å². The fraction of sp³-hybridized carbons (Fsp3) is 0.536. The summed E-state index contributed by atoms with van der Waals surface area (Å²) in [6.07, 6.45) is 4.97. The number of likely N-dealkylation sites (tertiary alicyclic amines) is 1. The van der Waals surface area contributed by atoms with E-state index in [0.29, 0.717) is 24.3 Å². The lowest BCUT2D eigenvalue weighted by molar-refractivity contribution is -0.154. The molecule has 37 heavy (non-hydrogen) atoms. The smallest absolute Gasteiger partial charge is 0.310 e. The predicted octanol–water partition coefficient (Wildman–Crippen LogP) is 3.05. The molecular formula is C28H36N2O6S. The normalized spacial score (nSPS) is 29.6. The van der Waals surface area contributed by atoms with Crippen LogP contribution in [0.3, 0.4) is 0 Å². The Balaban J connectivity index is 1.74. The molecular weight excluding hydrogens is 492 g/mol. The van der Waals surface area contributed by atoms with E-state index < -0.39 is 22.6 Å². The summed E-state index contributed by atoms with van der Waals surface area (Å²) in [6, 6.07) is 6.43. The Morgan fingerprint density at radius 3 is 2.62 bits per heavy atom. The number of nitrogens with zero attached hydrogens (tertiary/aromatic N) is 2. The maximum Gasteiger partial charge on any atom is 0.310 e. The molecule has 1 aromatic carbocycles. The standard InChI is InChI=1S/C28H36N2O6S/c1-5-7-16-36-27(34)22-21-17-18(3)28(37-21)23(22)25(32)30(14-8-15-31)24(28)26(33)29(13-6-2)19-9-11-20(35-4)12-10-19/h5-6,9-12,18,21-24,31H,1-2,7-8,13-17H2,3-4H3/t18?,21-,22+,23-,24?,28?/m0/s1. The highest BCUT2D eigenvalue weighted by molar-refractivity contribution is 8.02. The molecule has 3 aliphatic rings. The van der Waals surface area contributed by atoms with E-state index in [2.05, 4.69) is 20.1 Å². The Morgan fingerprint density at radius 1 is 1.27 bits per heavy atom. The van der Waals surface area contributed by atoms with E-state index in [9.17, 15) is 19.5 Å². The molecule has 0 aromatic heterocycles. The first-order chi connectivity index (χ1) is 17.8. The number of ether oxygens (including phenoxy) is 2. The summed E-state index contributed by atoms with van der Waals surface area (Å²) in [5.41, 5.74) is 0.672. The molecule has 200 valence electrons. The van der Waals surface area contributed by atoms with Crippen LogP contribution in [0.1, 0.15) is 26.2 Å². The first-order valence-electron chi connectivity index (χ1n) is 12.8. The van der Waals surface area contributed by atoms with Crippen molar-refractivity contribution < 1.29 is 29.0 Å². The Bertz CT molecular complexity index is 1050. The number of fused-ring (bicyclic) bond motifs is 1. The third-order valence-electron chi connectivity index (χ3n) is 7.84. The number of methoxy groups -OCH3 is 1. The first kappa shape index (κ1) is 27.3. The predicted molar refractivity (Wildman–Crippen MR) is 143 cm³/mol. The number of amides is 2. The summed E-state index contributed by atoms with van der Waals surface area (Å²) in [4.78, 5) is 44.9. The van der Waals surface area contributed by atoms with Gasteiger partial charge >= 0.3 is 5.97 Å². The van der Waals surface area contributed by atoms with Gasteiger partial charge in [-0.1, -0.05) is 19.1 Å². The second kappa shape index (κ2) is 11.3. The number of aliphatic hydroxyl groups excluding tert-OH is 1. The minimum absolute atomic E-state index is 0.0446. The fourth-order valence-corrected chi connectivity index (χ4v) is 8.65. The van der Waals surface area contributed by atoms with Gasteiger partial charge < -0.3 is 24.4 Å². The van der Waals surface area contributed by atoms with Gasteiger partial charge in [0.15, 0.2) is 0 Å². The zero-order valence-electron chi connectivity index (χ0n) is 21.5. The monoisotopic (exact) mass is 528 g/mol. The van der Waals surface area contributed by atoms with Crippen molar-refractivity contribution in [3.8, 4) is 5.75 Å². The van der Waals surface area contributed by atoms with Crippen LogP contribution in [0.15, 0.2) is 49.6 Å². The Hall–Kier alpha value is -2.78. The topological polar surface area (TPSA) is 96.4 Å². The third kappa shape index (κ3) is 4.56. The third-order valence-corrected chi connectivity index (χ3v) is 9.91. The van der Waals surface area contributed by atoms with Crippen LogP contribution in [0.2, 0.25) is 0 Å². The number of thioether (sulfide) groups is 1. The van der Waals surface area contributed by atoms with Crippen LogP contribution < -0.4 is 9.64 Å². The number of hydrogen-bond acceptors (Lipinski definition) is 7. The summed E-state index contributed by atoms with van der Waals surface area (Å²) < 4.78 is 10.1. The van der Waals surface area contributed by atoms with E-state index in [1.165, 1.54) is 0 Å². The van der Waals surface area contributed by atoms with Crippen molar-refractivity contribution in [2.45, 2.75) is 42.2 Å². The van der Waals surface area contributed by atoms with Crippen LogP contribution in [-0.2, 0) is 19.1 Å². The van der Waals surface area contributed by atoms with Crippen molar-refractivity contribution in [2.75, 3.05) is 38.3 Å². The van der Waals surface area contributed by atoms with Crippen LogP contribution in [-0.4, -0.2) is 77.2 Å². The van der Waals surface area contributed by atoms with Gasteiger partial charge in [-0.2, -0.15) is 0 Å². The number of carbonyl (C=O) groups excluding carboxylic acids is 3. The molecule has 2 amide bonds. The van der Waals surface area contributed by atoms with Gasteiger partial charge in [0.1, 0.15) is 11.8 Å². The first-order valence-corrected chi connectivity index (χ1v) is 13.7. The molecule has 8 nitrogen and oxygen atoms in total. The quantitative estimate of drug-likeness (QED) is 0.253. The van der Waals surface area contributed by atoms with E-state index in [4.69, 9.17) is 9.47 Å². The molecule has 1 spiro atoms. The number of aliphatic hydroxyl groups is 1. The van der Waals surface area contributed by atoms with Gasteiger partial charge in [-0.15, -0.1) is 24.9 Å². The number of esters is 1. The number of hydrogen-bond donors (Lipinski definition) is 1. The Morgan fingerprint density at radius 2 is 2.00 bits per heavy atom. The molecule has 0 radical (unpaired) electrons. The summed E-state index contributed by atoms with van der Waals surface area (Å²) in [6.45, 7) is 10.2. The Kier molecular flexibility index (Phi) is 8.33. The minimum atomic E-state index is -0.769. The van der Waals surface area contributed by atoms with E-state index in [-0.39, 0.29) is 55.3 Å². The molecule has 3 aliphatic heterocycles. The van der Waals surface area contributed by atoms with Crippen molar-refractivity contribution in [1.82, 2.24) is 4.90 Å². The molecule has 3 saturated heterocycles. The van der Waals surface area contributed by atoms with Crippen LogP contribution in [0, 0.1) is 17.8 Å². The van der Waals surface area contributed by atoms with Gasteiger partial charge in [-0.25, -0.2) is 0 Å². The second-order valence-corrected chi connectivity index (χ2v) is 11.4. The molecule has 0 aliphatic carbocycles. The lowest BCUT2D eigenvalue weighted by atomic mass is 9.66.